The van der Waals surface area contributed by atoms with Crippen LogP contribution in [-0.2, 0) is 6.42 Å². The van der Waals surface area contributed by atoms with E-state index in [0.717, 1.165) is 31.6 Å². The van der Waals surface area contributed by atoms with Crippen molar-refractivity contribution in [2.24, 2.45) is 5.41 Å². The van der Waals surface area contributed by atoms with Crippen LogP contribution in [0.3, 0.4) is 0 Å². The molecular weight excluding hydrogens is 212 g/mol. The first-order valence-electron chi connectivity index (χ1n) is 6.20. The Hall–Kier alpha value is -1.27. The molecule has 94 valence electrons. The highest BCUT2D eigenvalue weighted by Gasteiger charge is 2.16. The predicted octanol–water partition coefficient (Wildman–Crippen LogP) is 3.13. The molecule has 0 spiro atoms. The maximum Gasteiger partial charge on any atom is 0.103 e. The summed E-state index contributed by atoms with van der Waals surface area (Å²) in [7, 11) is 0. The quantitative estimate of drug-likeness (QED) is 0.788. The van der Waals surface area contributed by atoms with Gasteiger partial charge in [-0.2, -0.15) is 5.26 Å². The van der Waals surface area contributed by atoms with Gasteiger partial charge in [0.1, 0.15) is 5.76 Å². The highest BCUT2D eigenvalue weighted by Crippen LogP contribution is 2.17. The van der Waals surface area contributed by atoms with Crippen LogP contribution in [0.2, 0.25) is 0 Å². The van der Waals surface area contributed by atoms with Crippen LogP contribution < -0.4 is 5.32 Å². The van der Waals surface area contributed by atoms with Gasteiger partial charge in [0.05, 0.1) is 17.7 Å². The molecule has 0 aromatic carbocycles. The lowest BCUT2D eigenvalue weighted by Gasteiger charge is -2.18. The van der Waals surface area contributed by atoms with E-state index in [9.17, 15) is 0 Å². The first kappa shape index (κ1) is 13.8. The van der Waals surface area contributed by atoms with Gasteiger partial charge in [0, 0.05) is 12.5 Å². The summed E-state index contributed by atoms with van der Waals surface area (Å²) in [4.78, 5) is 0. The lowest BCUT2D eigenvalue weighted by molar-refractivity contribution is 0.400. The number of nitriles is 1. The Bertz CT molecular complexity index is 349. The van der Waals surface area contributed by atoms with Crippen LogP contribution in [0.25, 0.3) is 0 Å². The van der Waals surface area contributed by atoms with E-state index < -0.39 is 0 Å². The molecule has 0 saturated heterocycles. The molecule has 0 aliphatic carbocycles. The molecule has 0 radical (unpaired) electrons. The maximum absolute atomic E-state index is 8.90. The number of rotatable bonds is 7. The molecule has 1 rings (SSSR count). The summed E-state index contributed by atoms with van der Waals surface area (Å²) in [5.41, 5.74) is -0.228. The highest BCUT2D eigenvalue weighted by molar-refractivity contribution is 4.98. The normalized spacial score (nSPS) is 13.3. The van der Waals surface area contributed by atoms with E-state index in [0.29, 0.717) is 6.04 Å². The second-order valence-corrected chi connectivity index (χ2v) is 5.22. The number of furan rings is 1. The van der Waals surface area contributed by atoms with Crippen molar-refractivity contribution in [2.45, 2.75) is 46.1 Å². The number of nitrogens with zero attached hydrogens (tertiary/aromatic N) is 1. The second kappa shape index (κ2) is 6.46. The van der Waals surface area contributed by atoms with Crippen molar-refractivity contribution in [3.05, 3.63) is 24.2 Å². The van der Waals surface area contributed by atoms with E-state index in [1.54, 1.807) is 6.26 Å². The predicted molar refractivity (Wildman–Crippen MR) is 68.5 cm³/mol. The Morgan fingerprint density at radius 1 is 1.53 bits per heavy atom. The summed E-state index contributed by atoms with van der Waals surface area (Å²) in [6.45, 7) is 7.01. The number of hydrogen-bond donors (Lipinski definition) is 1. The lowest BCUT2D eigenvalue weighted by Crippen LogP contribution is -2.30. The molecule has 1 unspecified atom stereocenters. The summed E-state index contributed by atoms with van der Waals surface area (Å²) < 4.78 is 5.29. The van der Waals surface area contributed by atoms with Gasteiger partial charge in [0.2, 0.25) is 0 Å². The summed E-state index contributed by atoms with van der Waals surface area (Å²) in [5.74, 6) is 1.04. The standard InChI is InChI=1S/C14H22N2O/c1-12(6-7-13-5-4-10-17-13)16-9-8-14(2,3)11-15/h4-5,10,12,16H,6-9H2,1-3H3. The third-order valence-corrected chi connectivity index (χ3v) is 2.95. The van der Waals surface area contributed by atoms with Crippen LogP contribution in [-0.4, -0.2) is 12.6 Å². The Kier molecular flexibility index (Phi) is 5.24. The van der Waals surface area contributed by atoms with Gasteiger partial charge in [-0.15, -0.1) is 0 Å². The number of nitrogens with one attached hydrogen (secondary N) is 1. The van der Waals surface area contributed by atoms with Gasteiger partial charge in [-0.1, -0.05) is 0 Å². The van der Waals surface area contributed by atoms with Crippen molar-refractivity contribution >= 4 is 0 Å². The zero-order chi connectivity index (χ0) is 12.7. The number of aryl methyl sites for hydroxylation is 1. The fourth-order valence-electron chi connectivity index (χ4n) is 1.60. The molecule has 1 aromatic rings. The van der Waals surface area contributed by atoms with Crippen LogP contribution in [0.1, 0.15) is 39.4 Å². The van der Waals surface area contributed by atoms with Gasteiger partial charge in [0.15, 0.2) is 0 Å². The molecule has 1 heterocycles. The molecule has 1 atom stereocenters. The van der Waals surface area contributed by atoms with E-state index in [1.807, 2.05) is 26.0 Å². The summed E-state index contributed by atoms with van der Waals surface area (Å²) in [6.07, 6.45) is 4.61. The molecule has 0 amide bonds. The van der Waals surface area contributed by atoms with Crippen molar-refractivity contribution < 1.29 is 4.42 Å². The molecule has 17 heavy (non-hydrogen) atoms. The molecule has 3 nitrogen and oxygen atoms in total. The summed E-state index contributed by atoms with van der Waals surface area (Å²) >= 11 is 0. The van der Waals surface area contributed by atoms with E-state index in [1.165, 1.54) is 0 Å². The minimum absolute atomic E-state index is 0.228. The molecule has 0 aliphatic rings. The van der Waals surface area contributed by atoms with Crippen molar-refractivity contribution in [1.29, 1.82) is 5.26 Å². The topological polar surface area (TPSA) is 49.0 Å². The summed E-state index contributed by atoms with van der Waals surface area (Å²) in [5, 5.41) is 12.3. The fourth-order valence-corrected chi connectivity index (χ4v) is 1.60. The zero-order valence-corrected chi connectivity index (χ0v) is 11.0. The van der Waals surface area contributed by atoms with E-state index >= 15 is 0 Å². The molecule has 1 N–H and O–H groups in total. The minimum atomic E-state index is -0.228. The average molecular weight is 234 g/mol. The maximum atomic E-state index is 8.90. The Morgan fingerprint density at radius 3 is 2.88 bits per heavy atom. The Labute approximate surface area is 104 Å². The second-order valence-electron chi connectivity index (χ2n) is 5.22. The molecule has 0 aliphatic heterocycles. The molecule has 1 aromatic heterocycles. The number of hydrogen-bond acceptors (Lipinski definition) is 3. The molecule has 0 bridgehead atoms. The monoisotopic (exact) mass is 234 g/mol. The smallest absolute Gasteiger partial charge is 0.103 e. The average Bonchev–Trinajstić information content (AvgIpc) is 2.79. The van der Waals surface area contributed by atoms with Crippen molar-refractivity contribution in [1.82, 2.24) is 5.32 Å². The minimum Gasteiger partial charge on any atom is -0.469 e. The van der Waals surface area contributed by atoms with Gasteiger partial charge in [-0.3, -0.25) is 0 Å². The molecule has 0 fully saturated rings. The van der Waals surface area contributed by atoms with Crippen LogP contribution in [0.15, 0.2) is 22.8 Å². The van der Waals surface area contributed by atoms with Crippen LogP contribution >= 0.6 is 0 Å². The lowest BCUT2D eigenvalue weighted by atomic mass is 9.91. The molecule has 3 heteroatoms. The molecule has 0 saturated carbocycles. The van der Waals surface area contributed by atoms with Crippen molar-refractivity contribution in [3.63, 3.8) is 0 Å². The van der Waals surface area contributed by atoms with Crippen LogP contribution in [0.4, 0.5) is 0 Å². The largest absolute Gasteiger partial charge is 0.469 e. The Balaban J connectivity index is 2.14. The zero-order valence-electron chi connectivity index (χ0n) is 11.0. The van der Waals surface area contributed by atoms with Crippen LogP contribution in [0.5, 0.6) is 0 Å². The Morgan fingerprint density at radius 2 is 2.29 bits per heavy atom. The van der Waals surface area contributed by atoms with Crippen LogP contribution in [0, 0.1) is 16.7 Å². The first-order valence-corrected chi connectivity index (χ1v) is 6.20. The van der Waals surface area contributed by atoms with Gasteiger partial charge in [-0.05, 0) is 52.3 Å². The van der Waals surface area contributed by atoms with Gasteiger partial charge < -0.3 is 9.73 Å². The van der Waals surface area contributed by atoms with Crippen molar-refractivity contribution in [3.8, 4) is 6.07 Å². The summed E-state index contributed by atoms with van der Waals surface area (Å²) in [6, 6.07) is 6.69. The van der Waals surface area contributed by atoms with E-state index in [2.05, 4.69) is 18.3 Å². The SMILES string of the molecule is CC(CCc1ccco1)NCCC(C)(C)C#N. The van der Waals surface area contributed by atoms with E-state index in [-0.39, 0.29) is 5.41 Å². The van der Waals surface area contributed by atoms with Gasteiger partial charge in [-0.25, -0.2) is 0 Å². The van der Waals surface area contributed by atoms with E-state index in [4.69, 9.17) is 9.68 Å². The first-order chi connectivity index (χ1) is 8.03. The van der Waals surface area contributed by atoms with Gasteiger partial charge >= 0.3 is 0 Å². The molecular formula is C14H22N2O. The third-order valence-electron chi connectivity index (χ3n) is 2.95. The fraction of sp³-hybridized carbons (Fsp3) is 0.643. The highest BCUT2D eigenvalue weighted by atomic mass is 16.3. The third kappa shape index (κ3) is 5.55. The van der Waals surface area contributed by atoms with Gasteiger partial charge in [0.25, 0.3) is 0 Å². The van der Waals surface area contributed by atoms with Crippen molar-refractivity contribution in [2.75, 3.05) is 6.54 Å².